The van der Waals surface area contributed by atoms with Crippen LogP contribution in [0.25, 0.3) is 0 Å². The van der Waals surface area contributed by atoms with Crippen LogP contribution in [0.2, 0.25) is 0 Å². The molecule has 33 heavy (non-hydrogen) atoms. The van der Waals surface area contributed by atoms with E-state index in [4.69, 9.17) is 9.47 Å². The third-order valence-electron chi connectivity index (χ3n) is 6.10. The zero-order chi connectivity index (χ0) is 23.8. The van der Waals surface area contributed by atoms with E-state index in [-0.39, 0.29) is 35.6 Å². The molecule has 0 radical (unpaired) electrons. The second kappa shape index (κ2) is 11.8. The summed E-state index contributed by atoms with van der Waals surface area (Å²) in [7, 11) is -3.30. The molecule has 0 aromatic heterocycles. The minimum absolute atomic E-state index is 0.0267. The molecule has 3 amide bonds. The van der Waals surface area contributed by atoms with E-state index in [0.717, 1.165) is 18.4 Å². The minimum Gasteiger partial charge on any atom is -0.490 e. The lowest BCUT2D eigenvalue weighted by Crippen LogP contribution is -2.29. The van der Waals surface area contributed by atoms with Gasteiger partial charge in [-0.2, -0.15) is 0 Å². The third kappa shape index (κ3) is 7.96. The Kier molecular flexibility index (Phi) is 9.08. The predicted molar refractivity (Wildman–Crippen MR) is 121 cm³/mol. The number of nitrogens with one attached hydrogen (secondary N) is 1. The first-order valence-electron chi connectivity index (χ1n) is 11.5. The Morgan fingerprint density at radius 2 is 1.97 bits per heavy atom. The molecule has 0 saturated carbocycles. The lowest BCUT2D eigenvalue weighted by Gasteiger charge is -2.22. The Morgan fingerprint density at radius 3 is 2.67 bits per heavy atom. The number of ether oxygens (including phenoxy) is 2. The smallest absolute Gasteiger partial charge is 0.324 e. The predicted octanol–water partition coefficient (Wildman–Crippen LogP) is 2.87. The van der Waals surface area contributed by atoms with Crippen LogP contribution in [0, 0.1) is 11.7 Å². The number of amides is 3. The first kappa shape index (κ1) is 25.4. The molecule has 1 aromatic carbocycles. The fourth-order valence-corrected chi connectivity index (χ4v) is 5.85. The van der Waals surface area contributed by atoms with Gasteiger partial charge in [-0.1, -0.05) is 19.4 Å². The van der Waals surface area contributed by atoms with Crippen LogP contribution in [0.1, 0.15) is 50.5 Å². The highest BCUT2D eigenvalue weighted by Crippen LogP contribution is 2.27. The van der Waals surface area contributed by atoms with Crippen molar-refractivity contribution in [2.45, 2.75) is 44.9 Å². The van der Waals surface area contributed by atoms with Gasteiger partial charge in [0.25, 0.3) is 0 Å². The van der Waals surface area contributed by atoms with E-state index >= 15 is 0 Å². The van der Waals surface area contributed by atoms with Crippen molar-refractivity contribution in [1.82, 2.24) is 10.2 Å². The topological polar surface area (TPSA) is 102 Å². The highest BCUT2D eigenvalue weighted by atomic mass is 32.2. The standard InChI is InChI=1S/C23H33FN2O6S/c1-17(16-33(29,30)12-4-2-3-9-26-14-22(27)25-23(26)28)19-5-6-20(24)21(13-19)32-15-18-7-10-31-11-8-18/h5-6,13,17-18H,2-4,7-12,14-16H2,1H3,(H,25,27,28)/t17-/m0/s1. The van der Waals surface area contributed by atoms with Gasteiger partial charge in [-0.05, 0) is 55.2 Å². The SMILES string of the molecule is C[C@@H](CS(=O)(=O)CCCCCN1CC(=O)NC1=O)c1ccc(F)c(OCC2CCOCC2)c1. The summed E-state index contributed by atoms with van der Waals surface area (Å²) in [5.74, 6) is -0.533. The van der Waals surface area contributed by atoms with Crippen LogP contribution in [0.5, 0.6) is 5.75 Å². The van der Waals surface area contributed by atoms with Gasteiger partial charge in [0.2, 0.25) is 5.91 Å². The number of hydrogen-bond acceptors (Lipinski definition) is 6. The van der Waals surface area contributed by atoms with Crippen molar-refractivity contribution in [3.05, 3.63) is 29.6 Å². The number of imide groups is 1. The first-order chi connectivity index (χ1) is 15.7. The van der Waals surface area contributed by atoms with Crippen molar-refractivity contribution < 1.29 is 31.9 Å². The van der Waals surface area contributed by atoms with Crippen molar-refractivity contribution in [3.63, 3.8) is 0 Å². The molecule has 0 bridgehead atoms. The van der Waals surface area contributed by atoms with Gasteiger partial charge in [0, 0.05) is 19.8 Å². The van der Waals surface area contributed by atoms with Gasteiger partial charge in [0.1, 0.15) is 6.54 Å². The van der Waals surface area contributed by atoms with Gasteiger partial charge in [-0.15, -0.1) is 0 Å². The maximum Gasteiger partial charge on any atom is 0.324 e. The summed E-state index contributed by atoms with van der Waals surface area (Å²) in [6.45, 7) is 4.12. The van der Waals surface area contributed by atoms with Gasteiger partial charge in [-0.3, -0.25) is 10.1 Å². The molecule has 1 N–H and O–H groups in total. The lowest BCUT2D eigenvalue weighted by atomic mass is 10.0. The molecule has 0 aliphatic carbocycles. The maximum absolute atomic E-state index is 14.2. The number of benzene rings is 1. The Bertz CT molecular complexity index is 933. The summed E-state index contributed by atoms with van der Waals surface area (Å²) in [5.41, 5.74) is 0.728. The molecule has 8 nitrogen and oxygen atoms in total. The lowest BCUT2D eigenvalue weighted by molar-refractivity contribution is -0.118. The monoisotopic (exact) mass is 484 g/mol. The van der Waals surface area contributed by atoms with Crippen molar-refractivity contribution in [3.8, 4) is 5.75 Å². The van der Waals surface area contributed by atoms with Crippen LogP contribution in [0.4, 0.5) is 9.18 Å². The van der Waals surface area contributed by atoms with Crippen LogP contribution in [-0.2, 0) is 19.4 Å². The molecule has 2 heterocycles. The molecule has 2 aliphatic rings. The second-order valence-electron chi connectivity index (χ2n) is 8.91. The zero-order valence-corrected chi connectivity index (χ0v) is 19.9. The Hall–Kier alpha value is -2.20. The highest BCUT2D eigenvalue weighted by molar-refractivity contribution is 7.91. The maximum atomic E-state index is 14.2. The van der Waals surface area contributed by atoms with Gasteiger partial charge in [0.15, 0.2) is 21.4 Å². The Labute approximate surface area is 194 Å². The summed E-state index contributed by atoms with van der Waals surface area (Å²) in [6, 6.07) is 4.16. The Morgan fingerprint density at radius 1 is 1.21 bits per heavy atom. The quantitative estimate of drug-likeness (QED) is 0.362. The van der Waals surface area contributed by atoms with Crippen molar-refractivity contribution in [2.24, 2.45) is 5.92 Å². The second-order valence-corrected chi connectivity index (χ2v) is 11.1. The van der Waals surface area contributed by atoms with E-state index in [9.17, 15) is 22.4 Å². The number of unbranched alkanes of at least 4 members (excludes halogenated alkanes) is 2. The van der Waals surface area contributed by atoms with E-state index in [1.807, 2.05) is 6.92 Å². The average molecular weight is 485 g/mol. The van der Waals surface area contributed by atoms with E-state index in [0.29, 0.717) is 51.5 Å². The van der Waals surface area contributed by atoms with Crippen LogP contribution in [0.3, 0.4) is 0 Å². The molecule has 0 unspecified atom stereocenters. The number of carbonyl (C=O) groups excluding carboxylic acids is 2. The molecule has 2 aliphatic heterocycles. The number of sulfone groups is 1. The van der Waals surface area contributed by atoms with Crippen LogP contribution in [-0.4, -0.2) is 69.7 Å². The molecule has 1 atom stereocenters. The fourth-order valence-electron chi connectivity index (χ4n) is 4.08. The van der Waals surface area contributed by atoms with Crippen molar-refractivity contribution in [1.29, 1.82) is 0 Å². The average Bonchev–Trinajstić information content (AvgIpc) is 3.10. The Balaban J connectivity index is 1.43. The van der Waals surface area contributed by atoms with E-state index in [1.54, 1.807) is 12.1 Å². The highest BCUT2D eigenvalue weighted by Gasteiger charge is 2.26. The van der Waals surface area contributed by atoms with Crippen LogP contribution < -0.4 is 10.1 Å². The first-order valence-corrected chi connectivity index (χ1v) is 13.3. The number of hydrogen-bond donors (Lipinski definition) is 1. The van der Waals surface area contributed by atoms with Gasteiger partial charge in [-0.25, -0.2) is 17.6 Å². The number of nitrogens with zero attached hydrogens (tertiary/aromatic N) is 1. The van der Waals surface area contributed by atoms with E-state index < -0.39 is 21.7 Å². The summed E-state index contributed by atoms with van der Waals surface area (Å²) < 4.78 is 50.4. The summed E-state index contributed by atoms with van der Waals surface area (Å²) in [5, 5.41) is 2.22. The normalized spacial score (nSPS) is 18.4. The van der Waals surface area contributed by atoms with Crippen LogP contribution in [0.15, 0.2) is 18.2 Å². The van der Waals surface area contributed by atoms with E-state index in [1.165, 1.54) is 11.0 Å². The molecule has 2 saturated heterocycles. The zero-order valence-electron chi connectivity index (χ0n) is 19.1. The summed E-state index contributed by atoms with van der Waals surface area (Å²) in [6.07, 6.45) is 3.55. The third-order valence-corrected chi connectivity index (χ3v) is 8.01. The fraction of sp³-hybridized carbons (Fsp3) is 0.652. The number of rotatable bonds is 12. The summed E-state index contributed by atoms with van der Waals surface area (Å²) >= 11 is 0. The molecule has 3 rings (SSSR count). The molecule has 1 aromatic rings. The van der Waals surface area contributed by atoms with Crippen molar-refractivity contribution >= 4 is 21.8 Å². The minimum atomic E-state index is -3.30. The van der Waals surface area contributed by atoms with Gasteiger partial charge >= 0.3 is 6.03 Å². The molecule has 0 spiro atoms. The van der Waals surface area contributed by atoms with E-state index in [2.05, 4.69) is 5.32 Å². The molecule has 2 fully saturated rings. The summed E-state index contributed by atoms with van der Waals surface area (Å²) in [4.78, 5) is 24.1. The largest absolute Gasteiger partial charge is 0.490 e. The molecule has 184 valence electrons. The number of carbonyl (C=O) groups is 2. The van der Waals surface area contributed by atoms with Crippen LogP contribution >= 0.6 is 0 Å². The van der Waals surface area contributed by atoms with Crippen molar-refractivity contribution in [2.75, 3.05) is 44.4 Å². The molecular formula is C23H33FN2O6S. The number of urea groups is 1. The van der Waals surface area contributed by atoms with Gasteiger partial charge in [0.05, 0.1) is 18.1 Å². The number of halogens is 1. The molecular weight excluding hydrogens is 451 g/mol. The van der Waals surface area contributed by atoms with Gasteiger partial charge < -0.3 is 14.4 Å². The molecule has 10 heteroatoms.